The van der Waals surface area contributed by atoms with Crippen LogP contribution in [0.15, 0.2) is 5.16 Å². The Hall–Kier alpha value is -0.610. The lowest BCUT2D eigenvalue weighted by atomic mass is 9.41. The second-order valence-corrected chi connectivity index (χ2v) is 12.1. The van der Waals surface area contributed by atoms with Crippen molar-refractivity contribution in [3.05, 3.63) is 0 Å². The first-order valence-electron chi connectivity index (χ1n) is 12.4. The molecule has 4 nitrogen and oxygen atoms in total. The van der Waals surface area contributed by atoms with Crippen molar-refractivity contribution in [2.75, 3.05) is 13.1 Å². The van der Waals surface area contributed by atoms with Crippen LogP contribution in [0.1, 0.15) is 85.5 Å². The van der Waals surface area contributed by atoms with E-state index >= 15 is 0 Å². The first-order chi connectivity index (χ1) is 13.8. The zero-order valence-electron chi connectivity index (χ0n) is 19.0. The number of fused-ring (bicyclic) bond motifs is 5. The molecule has 2 unspecified atom stereocenters. The summed E-state index contributed by atoms with van der Waals surface area (Å²) in [5.41, 5.74) is 2.03. The van der Waals surface area contributed by atoms with Crippen LogP contribution in [0.3, 0.4) is 0 Å². The van der Waals surface area contributed by atoms with E-state index in [4.69, 9.17) is 9.99 Å². The van der Waals surface area contributed by atoms with Crippen LogP contribution in [0.4, 0.5) is 0 Å². The van der Waals surface area contributed by atoms with Crippen molar-refractivity contribution >= 4 is 5.71 Å². The summed E-state index contributed by atoms with van der Waals surface area (Å²) in [7, 11) is 0. The van der Waals surface area contributed by atoms with Crippen molar-refractivity contribution in [2.45, 2.75) is 97.7 Å². The molecule has 2 N–H and O–H groups in total. The van der Waals surface area contributed by atoms with Gasteiger partial charge in [0.15, 0.2) is 0 Å². The van der Waals surface area contributed by atoms with Crippen molar-refractivity contribution in [2.24, 2.45) is 45.1 Å². The van der Waals surface area contributed by atoms with Crippen molar-refractivity contribution in [1.29, 1.82) is 0 Å². The molecule has 5 aliphatic rings. The molecular weight excluding hydrogens is 360 g/mol. The second kappa shape index (κ2) is 6.95. The molecule has 5 fully saturated rings. The molecule has 1 heterocycles. The maximum Gasteiger partial charge on any atom is 0.141 e. The lowest BCUT2D eigenvalue weighted by Crippen LogP contribution is -2.58. The van der Waals surface area contributed by atoms with Crippen LogP contribution in [0.2, 0.25) is 0 Å². The Bertz CT molecular complexity index is 670. The summed E-state index contributed by atoms with van der Waals surface area (Å²) in [4.78, 5) is 5.98. The standard InChI is InChI=1S/C25H42N2O2/c1-23(2)20-7-5-17-18-6-8-22(28)25(18,4)12-9-19(17)24(20,3)13-10-21(23)27-29-16-11-14-26-15-16/h16-20,22,26,28H,5-15H2,1-4H3/t16-,17+,18+,19-,20?,22?,24-,25+/m1/s1. The average Bonchev–Trinajstić information content (AvgIpc) is 3.29. The molecule has 164 valence electrons. The quantitative estimate of drug-likeness (QED) is 0.655. The van der Waals surface area contributed by atoms with Crippen molar-refractivity contribution in [1.82, 2.24) is 5.32 Å². The largest absolute Gasteiger partial charge is 0.393 e. The van der Waals surface area contributed by atoms with E-state index in [1.165, 1.54) is 44.2 Å². The summed E-state index contributed by atoms with van der Waals surface area (Å²) in [6.07, 6.45) is 11.1. The number of nitrogens with zero attached hydrogens (tertiary/aromatic N) is 1. The number of aliphatic hydroxyl groups is 1. The number of aliphatic hydroxyl groups excluding tert-OH is 1. The molecule has 4 saturated carbocycles. The lowest BCUT2D eigenvalue weighted by molar-refractivity contribution is -0.131. The van der Waals surface area contributed by atoms with Gasteiger partial charge in [0.25, 0.3) is 0 Å². The third-order valence-corrected chi connectivity index (χ3v) is 10.7. The maximum absolute atomic E-state index is 10.7. The van der Waals surface area contributed by atoms with Gasteiger partial charge < -0.3 is 15.3 Å². The van der Waals surface area contributed by atoms with Gasteiger partial charge >= 0.3 is 0 Å². The predicted octanol–water partition coefficient (Wildman–Crippen LogP) is 4.76. The van der Waals surface area contributed by atoms with Gasteiger partial charge in [-0.25, -0.2) is 0 Å². The smallest absolute Gasteiger partial charge is 0.141 e. The van der Waals surface area contributed by atoms with E-state index in [0.29, 0.717) is 11.3 Å². The van der Waals surface area contributed by atoms with Gasteiger partial charge in [-0.2, -0.15) is 0 Å². The fourth-order valence-corrected chi connectivity index (χ4v) is 8.90. The van der Waals surface area contributed by atoms with Crippen LogP contribution in [0.5, 0.6) is 0 Å². The Labute approximate surface area is 177 Å². The molecule has 0 spiro atoms. The van der Waals surface area contributed by atoms with Gasteiger partial charge in [-0.05, 0) is 92.4 Å². The molecule has 4 aliphatic carbocycles. The molecule has 29 heavy (non-hydrogen) atoms. The lowest BCUT2D eigenvalue weighted by Gasteiger charge is -2.63. The minimum atomic E-state index is -0.0669. The molecule has 0 amide bonds. The molecule has 1 aliphatic heterocycles. The minimum Gasteiger partial charge on any atom is -0.393 e. The fourth-order valence-electron chi connectivity index (χ4n) is 8.90. The monoisotopic (exact) mass is 402 g/mol. The molecule has 0 aromatic heterocycles. The normalized spacial score (nSPS) is 52.7. The summed E-state index contributed by atoms with van der Waals surface area (Å²) in [6, 6.07) is 0. The predicted molar refractivity (Wildman–Crippen MR) is 117 cm³/mol. The van der Waals surface area contributed by atoms with Gasteiger partial charge in [0.05, 0.1) is 11.8 Å². The van der Waals surface area contributed by atoms with Crippen LogP contribution < -0.4 is 5.32 Å². The molecule has 0 bridgehead atoms. The van der Waals surface area contributed by atoms with E-state index < -0.39 is 0 Å². The maximum atomic E-state index is 10.7. The van der Waals surface area contributed by atoms with Gasteiger partial charge in [0.2, 0.25) is 0 Å². The summed E-state index contributed by atoms with van der Waals surface area (Å²) >= 11 is 0. The third-order valence-electron chi connectivity index (χ3n) is 10.7. The zero-order chi connectivity index (χ0) is 20.4. The Balaban J connectivity index is 1.38. The van der Waals surface area contributed by atoms with E-state index in [2.05, 4.69) is 33.0 Å². The summed E-state index contributed by atoms with van der Waals surface area (Å²) < 4.78 is 0. The highest BCUT2D eigenvalue weighted by Crippen LogP contribution is 2.68. The summed E-state index contributed by atoms with van der Waals surface area (Å²) in [5, 5.41) is 18.8. The first-order valence-corrected chi connectivity index (χ1v) is 12.4. The Morgan fingerprint density at radius 2 is 1.72 bits per heavy atom. The Kier molecular flexibility index (Phi) is 4.87. The van der Waals surface area contributed by atoms with E-state index in [1.807, 2.05) is 0 Å². The first kappa shape index (κ1) is 20.3. The molecule has 0 radical (unpaired) electrons. The number of hydrogen-bond acceptors (Lipinski definition) is 4. The summed E-state index contributed by atoms with van der Waals surface area (Å²) in [5.74, 6) is 3.09. The second-order valence-electron chi connectivity index (χ2n) is 12.1. The number of rotatable bonds is 2. The van der Waals surface area contributed by atoms with Gasteiger partial charge in [0, 0.05) is 18.4 Å². The van der Waals surface area contributed by atoms with E-state index in [1.54, 1.807) is 0 Å². The van der Waals surface area contributed by atoms with Crippen molar-refractivity contribution in [3.8, 4) is 0 Å². The zero-order valence-corrected chi connectivity index (χ0v) is 19.0. The van der Waals surface area contributed by atoms with Crippen molar-refractivity contribution < 1.29 is 9.94 Å². The summed E-state index contributed by atoms with van der Waals surface area (Å²) in [6.45, 7) is 11.9. The van der Waals surface area contributed by atoms with Crippen LogP contribution in [-0.4, -0.2) is 36.1 Å². The van der Waals surface area contributed by atoms with E-state index in [-0.39, 0.29) is 23.0 Å². The highest BCUT2D eigenvalue weighted by Gasteiger charge is 2.62. The third kappa shape index (κ3) is 2.95. The van der Waals surface area contributed by atoms with Gasteiger partial charge in [-0.1, -0.05) is 32.9 Å². The molecule has 5 rings (SSSR count). The Morgan fingerprint density at radius 3 is 2.48 bits per heavy atom. The molecule has 1 saturated heterocycles. The highest BCUT2D eigenvalue weighted by atomic mass is 16.6. The molecule has 0 aromatic carbocycles. The van der Waals surface area contributed by atoms with Gasteiger partial charge in [-0.3, -0.25) is 0 Å². The topological polar surface area (TPSA) is 53.8 Å². The number of oxime groups is 1. The molecule has 0 aromatic rings. The van der Waals surface area contributed by atoms with Crippen LogP contribution in [0.25, 0.3) is 0 Å². The number of hydrogen-bond donors (Lipinski definition) is 2. The minimum absolute atomic E-state index is 0.0669. The molecule has 4 heteroatoms. The van der Waals surface area contributed by atoms with E-state index in [9.17, 15) is 5.11 Å². The SMILES string of the molecule is CC1(C)C(=NO[C@@H]2CCNC2)CC[C@@]2(C)C1CC[C@@H]1[C@H]2CC[C@]2(C)C(O)CC[C@@H]12. The Morgan fingerprint density at radius 1 is 0.931 bits per heavy atom. The van der Waals surface area contributed by atoms with Crippen LogP contribution in [-0.2, 0) is 4.84 Å². The van der Waals surface area contributed by atoms with Crippen LogP contribution >= 0.6 is 0 Å². The number of nitrogens with one attached hydrogen (secondary N) is 1. The average molecular weight is 403 g/mol. The molecule has 8 atom stereocenters. The van der Waals surface area contributed by atoms with Crippen LogP contribution in [0, 0.1) is 39.9 Å². The van der Waals surface area contributed by atoms with Gasteiger partial charge in [-0.15, -0.1) is 0 Å². The highest BCUT2D eigenvalue weighted by molar-refractivity contribution is 5.90. The van der Waals surface area contributed by atoms with Crippen molar-refractivity contribution in [3.63, 3.8) is 0 Å². The van der Waals surface area contributed by atoms with E-state index in [0.717, 1.165) is 50.1 Å². The fraction of sp³-hybridized carbons (Fsp3) is 0.960. The van der Waals surface area contributed by atoms with Gasteiger partial charge in [0.1, 0.15) is 6.10 Å². The molecular formula is C25H42N2O2.